The number of ether oxygens (including phenoxy) is 1. The number of fused-ring (bicyclic) bond motifs is 1. The van der Waals surface area contributed by atoms with E-state index in [4.69, 9.17) is 4.74 Å². The Morgan fingerprint density at radius 3 is 2.73 bits per heavy atom. The predicted molar refractivity (Wildman–Crippen MR) is 113 cm³/mol. The fourth-order valence-corrected chi connectivity index (χ4v) is 4.04. The number of nitrogens with zero attached hydrogens (tertiary/aromatic N) is 4. The Morgan fingerprint density at radius 1 is 1.23 bits per heavy atom. The molecule has 3 heterocycles. The van der Waals surface area contributed by atoms with Gasteiger partial charge in [0.2, 0.25) is 0 Å². The minimum atomic E-state index is -0.435. The van der Waals surface area contributed by atoms with Crippen molar-refractivity contribution in [2.24, 2.45) is 0 Å². The van der Waals surface area contributed by atoms with Gasteiger partial charge in [-0.25, -0.2) is 4.98 Å². The summed E-state index contributed by atoms with van der Waals surface area (Å²) in [5, 5.41) is 12.6. The zero-order valence-corrected chi connectivity index (χ0v) is 16.8. The Morgan fingerprint density at radius 2 is 2.00 bits per heavy atom. The molecule has 1 aliphatic heterocycles. The second-order valence-corrected chi connectivity index (χ2v) is 7.66. The number of nitrogens with one attached hydrogen (secondary N) is 1. The molecule has 30 heavy (non-hydrogen) atoms. The number of hydrogen-bond donors (Lipinski definition) is 1. The normalized spacial score (nSPS) is 18.2. The monoisotopic (exact) mass is 407 g/mol. The Labute approximate surface area is 174 Å². The summed E-state index contributed by atoms with van der Waals surface area (Å²) in [5.74, 6) is 0.0441. The third-order valence-corrected chi connectivity index (χ3v) is 5.65. The fourth-order valence-electron chi connectivity index (χ4n) is 4.04. The van der Waals surface area contributed by atoms with Crippen LogP contribution in [0.15, 0.2) is 34.8 Å². The summed E-state index contributed by atoms with van der Waals surface area (Å²) in [4.78, 5) is 32.6. The summed E-state index contributed by atoms with van der Waals surface area (Å²) in [5.41, 5.74) is 0.382. The molecule has 1 N–H and O–H groups in total. The number of amides is 1. The van der Waals surface area contributed by atoms with Crippen molar-refractivity contribution in [3.63, 3.8) is 0 Å². The summed E-state index contributed by atoms with van der Waals surface area (Å²) in [6.07, 6.45) is 8.20. The molecule has 0 bridgehead atoms. The van der Waals surface area contributed by atoms with Crippen LogP contribution in [0.5, 0.6) is 0 Å². The van der Waals surface area contributed by atoms with Crippen molar-refractivity contribution in [3.05, 3.63) is 45.9 Å². The van der Waals surface area contributed by atoms with E-state index in [0.717, 1.165) is 25.7 Å². The Balaban J connectivity index is 1.75. The number of aromatic nitrogens is 2. The van der Waals surface area contributed by atoms with E-state index in [2.05, 4.69) is 10.3 Å². The molecule has 2 aliphatic rings. The summed E-state index contributed by atoms with van der Waals surface area (Å²) in [6.45, 7) is 2.25. The van der Waals surface area contributed by atoms with Crippen LogP contribution in [0.4, 0.5) is 5.82 Å². The van der Waals surface area contributed by atoms with E-state index in [-0.39, 0.29) is 22.7 Å². The van der Waals surface area contributed by atoms with Crippen LogP contribution in [-0.2, 0) is 9.53 Å². The molecule has 4 rings (SSSR count). The molecular weight excluding hydrogens is 382 g/mol. The van der Waals surface area contributed by atoms with Gasteiger partial charge in [-0.2, -0.15) is 5.26 Å². The maximum absolute atomic E-state index is 13.2. The summed E-state index contributed by atoms with van der Waals surface area (Å²) in [6, 6.07) is 7.39. The Kier molecular flexibility index (Phi) is 6.10. The topological polar surface area (TPSA) is 99.7 Å². The van der Waals surface area contributed by atoms with Crippen LogP contribution in [0.2, 0.25) is 0 Å². The van der Waals surface area contributed by atoms with Gasteiger partial charge in [-0.05, 0) is 31.1 Å². The van der Waals surface area contributed by atoms with E-state index < -0.39 is 5.91 Å². The zero-order valence-electron chi connectivity index (χ0n) is 16.8. The highest BCUT2D eigenvalue weighted by atomic mass is 16.5. The minimum absolute atomic E-state index is 0.0788. The van der Waals surface area contributed by atoms with Gasteiger partial charge in [0, 0.05) is 25.3 Å². The lowest BCUT2D eigenvalue weighted by molar-refractivity contribution is -0.117. The second-order valence-electron chi connectivity index (χ2n) is 7.66. The summed E-state index contributed by atoms with van der Waals surface area (Å²) in [7, 11) is 0. The number of anilines is 1. The lowest BCUT2D eigenvalue weighted by Crippen LogP contribution is -2.39. The van der Waals surface area contributed by atoms with E-state index in [0.29, 0.717) is 37.8 Å². The number of rotatable bonds is 4. The Bertz CT molecular complexity index is 1060. The zero-order chi connectivity index (χ0) is 20.9. The molecule has 0 spiro atoms. The summed E-state index contributed by atoms with van der Waals surface area (Å²) < 4.78 is 6.85. The fraction of sp³-hybridized carbons (Fsp3) is 0.455. The molecule has 8 nitrogen and oxygen atoms in total. The van der Waals surface area contributed by atoms with Crippen LogP contribution in [-0.4, -0.2) is 47.6 Å². The van der Waals surface area contributed by atoms with Gasteiger partial charge in [-0.3, -0.25) is 14.0 Å². The standard InChI is InChI=1S/C22H25N5O3/c23-15-16(21(28)24-17-6-2-1-3-7-17)14-18-20(26-10-12-30-13-11-26)25-19-8-4-5-9-27(19)22(18)29/h4-5,8-9,14,17H,1-3,6-7,10-13H2,(H,24,28)/b16-14+. The second kappa shape index (κ2) is 9.09. The molecule has 8 heteroatoms. The smallest absolute Gasteiger partial charge is 0.267 e. The minimum Gasteiger partial charge on any atom is -0.378 e. The quantitative estimate of drug-likeness (QED) is 0.614. The van der Waals surface area contributed by atoms with Crippen LogP contribution in [0.3, 0.4) is 0 Å². The van der Waals surface area contributed by atoms with Crippen LogP contribution in [0.1, 0.15) is 37.7 Å². The molecule has 2 aromatic rings. The van der Waals surface area contributed by atoms with Gasteiger partial charge >= 0.3 is 0 Å². The SMILES string of the molecule is N#C/C(=C\c1c(N2CCOCC2)nc2ccccn2c1=O)C(=O)NC1CCCCC1. The molecular formula is C22H25N5O3. The molecule has 2 fully saturated rings. The predicted octanol–water partition coefficient (Wildman–Crippen LogP) is 1.89. The molecule has 1 amide bonds. The first-order valence-corrected chi connectivity index (χ1v) is 10.4. The van der Waals surface area contributed by atoms with Crippen molar-refractivity contribution < 1.29 is 9.53 Å². The molecule has 1 saturated heterocycles. The van der Waals surface area contributed by atoms with Crippen LogP contribution in [0, 0.1) is 11.3 Å². The first kappa shape index (κ1) is 20.1. The lowest BCUT2D eigenvalue weighted by atomic mass is 9.95. The number of carbonyl (C=O) groups is 1. The average molecular weight is 407 g/mol. The number of nitriles is 1. The average Bonchev–Trinajstić information content (AvgIpc) is 2.79. The van der Waals surface area contributed by atoms with Crippen LogP contribution >= 0.6 is 0 Å². The molecule has 156 valence electrons. The van der Waals surface area contributed by atoms with Crippen LogP contribution in [0.25, 0.3) is 11.7 Å². The van der Waals surface area contributed by atoms with Crippen molar-refractivity contribution in [1.82, 2.24) is 14.7 Å². The van der Waals surface area contributed by atoms with E-state index in [1.54, 1.807) is 18.3 Å². The molecule has 1 saturated carbocycles. The highest BCUT2D eigenvalue weighted by Crippen LogP contribution is 2.21. The van der Waals surface area contributed by atoms with E-state index in [1.807, 2.05) is 17.0 Å². The number of carbonyl (C=O) groups excluding carboxylic acids is 1. The Hall–Kier alpha value is -3.18. The molecule has 0 atom stereocenters. The first-order chi connectivity index (χ1) is 14.7. The molecule has 0 radical (unpaired) electrons. The van der Waals surface area contributed by atoms with Gasteiger partial charge in [0.1, 0.15) is 23.1 Å². The number of hydrogen-bond acceptors (Lipinski definition) is 6. The van der Waals surface area contributed by atoms with Gasteiger partial charge < -0.3 is 15.0 Å². The van der Waals surface area contributed by atoms with Gasteiger partial charge in [0.25, 0.3) is 11.5 Å². The van der Waals surface area contributed by atoms with Crippen molar-refractivity contribution in [2.45, 2.75) is 38.1 Å². The highest BCUT2D eigenvalue weighted by molar-refractivity contribution is 6.02. The maximum Gasteiger partial charge on any atom is 0.267 e. The highest BCUT2D eigenvalue weighted by Gasteiger charge is 2.22. The van der Waals surface area contributed by atoms with Gasteiger partial charge in [-0.15, -0.1) is 0 Å². The van der Waals surface area contributed by atoms with Crippen molar-refractivity contribution in [3.8, 4) is 6.07 Å². The van der Waals surface area contributed by atoms with Gasteiger partial charge in [0.15, 0.2) is 0 Å². The first-order valence-electron chi connectivity index (χ1n) is 10.4. The third-order valence-electron chi connectivity index (χ3n) is 5.65. The molecule has 2 aromatic heterocycles. The molecule has 1 aliphatic carbocycles. The number of pyridine rings is 1. The van der Waals surface area contributed by atoms with E-state index in [1.165, 1.54) is 16.9 Å². The van der Waals surface area contributed by atoms with E-state index in [9.17, 15) is 14.9 Å². The largest absolute Gasteiger partial charge is 0.378 e. The third kappa shape index (κ3) is 4.21. The van der Waals surface area contributed by atoms with Crippen molar-refractivity contribution >= 4 is 23.4 Å². The summed E-state index contributed by atoms with van der Waals surface area (Å²) >= 11 is 0. The number of morpholine rings is 1. The van der Waals surface area contributed by atoms with Crippen molar-refractivity contribution in [1.29, 1.82) is 5.26 Å². The van der Waals surface area contributed by atoms with Gasteiger partial charge in [-0.1, -0.05) is 25.3 Å². The molecule has 0 unspecified atom stereocenters. The molecule has 0 aromatic carbocycles. The van der Waals surface area contributed by atoms with Crippen molar-refractivity contribution in [2.75, 3.05) is 31.2 Å². The van der Waals surface area contributed by atoms with Crippen LogP contribution < -0.4 is 15.8 Å². The maximum atomic E-state index is 13.2. The lowest BCUT2D eigenvalue weighted by Gasteiger charge is -2.29. The van der Waals surface area contributed by atoms with E-state index >= 15 is 0 Å². The van der Waals surface area contributed by atoms with Gasteiger partial charge in [0.05, 0.1) is 18.8 Å².